The first kappa shape index (κ1) is 25.1. The van der Waals surface area contributed by atoms with Crippen LogP contribution in [0.15, 0.2) is 78.3 Å². The molecule has 2 fully saturated rings. The van der Waals surface area contributed by atoms with Gasteiger partial charge in [0.25, 0.3) is 5.91 Å². The first-order chi connectivity index (χ1) is 16.4. The van der Waals surface area contributed by atoms with Crippen LogP contribution < -0.4 is 34.1 Å². The second-order valence-electron chi connectivity index (χ2n) is 8.94. The monoisotopic (exact) mass is 480 g/mol. The second-order valence-corrected chi connectivity index (χ2v) is 8.94. The number of nitrogens with zero attached hydrogens (tertiary/aromatic N) is 3. The van der Waals surface area contributed by atoms with Crippen LogP contribution in [0.25, 0.3) is 12.2 Å². The van der Waals surface area contributed by atoms with Crippen molar-refractivity contribution in [3.05, 3.63) is 89.4 Å². The summed E-state index contributed by atoms with van der Waals surface area (Å²) >= 11 is 0. The van der Waals surface area contributed by atoms with Crippen LogP contribution in [0.4, 0.5) is 0 Å². The van der Waals surface area contributed by atoms with E-state index in [4.69, 9.17) is 0 Å². The molecule has 7 nitrogen and oxygen atoms in total. The third-order valence-corrected chi connectivity index (χ3v) is 6.78. The molecule has 1 aromatic heterocycles. The van der Waals surface area contributed by atoms with E-state index in [0.29, 0.717) is 25.1 Å². The molecule has 1 aromatic carbocycles. The summed E-state index contributed by atoms with van der Waals surface area (Å²) in [6.07, 6.45) is 12.3. The van der Waals surface area contributed by atoms with Crippen LogP contribution in [0.5, 0.6) is 0 Å². The molecular formula is C27H27N3NaO4+. The van der Waals surface area contributed by atoms with Crippen molar-refractivity contribution in [2.45, 2.75) is 32.0 Å². The van der Waals surface area contributed by atoms with Gasteiger partial charge >= 0.3 is 35.5 Å². The maximum atomic E-state index is 12.8. The molecule has 2 aromatic rings. The van der Waals surface area contributed by atoms with Gasteiger partial charge in [-0.2, -0.15) is 0 Å². The molecule has 1 N–H and O–H groups in total. The topological polar surface area (TPSA) is 81.8 Å². The standard InChI is InChI=1S/C27H25N3O4.Na.H/c1-18(31)29-17-22-15-21(24(27(33)34)30-23(22)25(29)26(30)32)12-11-20-10-6-14-28(16-20)13-5-9-19-7-3-2-4-8-19;;/h2-12,14,16,22-23,25H,13,15,17H2,1H3;;/q;+1;-1/p+1/b9-5+,12-11+;;/t22-,23-,25+;;/m1../s1. The molecule has 3 aliphatic heterocycles. The molecule has 3 aliphatic rings. The van der Waals surface area contributed by atoms with Crippen LogP contribution in [-0.4, -0.2) is 51.3 Å². The number of β-lactam (4-membered cyclic amide) rings is 1. The number of rotatable bonds is 6. The smallest absolute Gasteiger partial charge is 1.00 e. The third kappa shape index (κ3) is 4.76. The molecule has 2 amide bonds. The van der Waals surface area contributed by atoms with E-state index < -0.39 is 12.0 Å². The Morgan fingerprint density at radius 3 is 2.57 bits per heavy atom. The fraction of sp³-hybridized carbons (Fsp3) is 0.259. The van der Waals surface area contributed by atoms with Gasteiger partial charge in [-0.3, -0.25) is 14.5 Å². The first-order valence-electron chi connectivity index (χ1n) is 11.4. The number of carboxylic acid groups (broad SMARTS) is 1. The van der Waals surface area contributed by atoms with Crippen LogP contribution in [0.1, 0.15) is 25.9 Å². The minimum atomic E-state index is -1.11. The third-order valence-electron chi connectivity index (χ3n) is 6.78. The van der Waals surface area contributed by atoms with Gasteiger partial charge in [-0.1, -0.05) is 42.5 Å². The number of aliphatic carboxylic acids is 1. The van der Waals surface area contributed by atoms with Gasteiger partial charge in [0.15, 0.2) is 18.9 Å². The molecule has 3 atom stereocenters. The Bertz CT molecular complexity index is 1260. The van der Waals surface area contributed by atoms with Crippen LogP contribution in [0, 0.1) is 5.92 Å². The number of carbonyl (C=O) groups is 3. The number of carboxylic acids is 1. The molecule has 2 saturated heterocycles. The Morgan fingerprint density at radius 1 is 1.11 bits per heavy atom. The van der Waals surface area contributed by atoms with E-state index in [2.05, 4.69) is 12.2 Å². The summed E-state index contributed by atoms with van der Waals surface area (Å²) in [5, 5.41) is 9.87. The Kier molecular flexibility index (Phi) is 7.40. The quantitative estimate of drug-likeness (QED) is 0.347. The number of pyridine rings is 1. The van der Waals surface area contributed by atoms with Crippen molar-refractivity contribution in [1.82, 2.24) is 9.80 Å². The predicted molar refractivity (Wildman–Crippen MR) is 127 cm³/mol. The van der Waals surface area contributed by atoms with Gasteiger partial charge < -0.3 is 11.4 Å². The molecule has 35 heavy (non-hydrogen) atoms. The van der Waals surface area contributed by atoms with Gasteiger partial charge in [-0.25, -0.2) is 9.36 Å². The number of amides is 2. The molecule has 174 valence electrons. The number of hydrogen-bond acceptors (Lipinski definition) is 3. The normalized spacial score (nSPS) is 22.9. The number of carbonyl (C=O) groups excluding carboxylic acids is 2. The zero-order valence-corrected chi connectivity index (χ0v) is 21.9. The molecule has 0 spiro atoms. The summed E-state index contributed by atoms with van der Waals surface area (Å²) in [5.41, 5.74) is 2.73. The van der Waals surface area contributed by atoms with Crippen LogP contribution in [0.3, 0.4) is 0 Å². The second kappa shape index (κ2) is 10.3. The van der Waals surface area contributed by atoms with E-state index in [0.717, 1.165) is 11.1 Å². The van der Waals surface area contributed by atoms with E-state index in [1.807, 2.05) is 65.5 Å². The van der Waals surface area contributed by atoms with Gasteiger partial charge in [0.05, 0.1) is 6.04 Å². The summed E-state index contributed by atoms with van der Waals surface area (Å²) in [7, 11) is 0. The number of likely N-dealkylation sites (tertiary alicyclic amines) is 1. The average molecular weight is 481 g/mol. The van der Waals surface area contributed by atoms with Gasteiger partial charge in [-0.15, -0.1) is 0 Å². The maximum Gasteiger partial charge on any atom is 1.00 e. The summed E-state index contributed by atoms with van der Waals surface area (Å²) in [5.74, 6) is -1.50. The minimum Gasteiger partial charge on any atom is -1.00 e. The largest absolute Gasteiger partial charge is 1.00 e. The van der Waals surface area contributed by atoms with Crippen LogP contribution in [-0.2, 0) is 20.9 Å². The molecule has 0 radical (unpaired) electrons. The van der Waals surface area contributed by atoms with E-state index >= 15 is 0 Å². The molecule has 0 saturated carbocycles. The van der Waals surface area contributed by atoms with Crippen molar-refractivity contribution in [1.29, 1.82) is 0 Å². The summed E-state index contributed by atoms with van der Waals surface area (Å²) in [4.78, 5) is 39.8. The molecule has 8 heteroatoms. The van der Waals surface area contributed by atoms with E-state index in [9.17, 15) is 19.5 Å². The number of hydrogen-bond donors (Lipinski definition) is 1. The zero-order valence-electron chi connectivity index (χ0n) is 20.9. The maximum absolute atomic E-state index is 12.8. The number of allylic oxidation sites excluding steroid dienone is 3. The van der Waals surface area contributed by atoms with Gasteiger partial charge in [-0.05, 0) is 35.8 Å². The van der Waals surface area contributed by atoms with E-state index in [1.165, 1.54) is 11.8 Å². The fourth-order valence-corrected chi connectivity index (χ4v) is 5.27. The van der Waals surface area contributed by atoms with Crippen molar-refractivity contribution in [2.24, 2.45) is 5.92 Å². The molecule has 0 bridgehead atoms. The van der Waals surface area contributed by atoms with Crippen molar-refractivity contribution >= 4 is 29.9 Å². The Morgan fingerprint density at radius 2 is 1.86 bits per heavy atom. The van der Waals surface area contributed by atoms with Gasteiger partial charge in [0, 0.05) is 31.0 Å². The van der Waals surface area contributed by atoms with Crippen molar-refractivity contribution in [3.63, 3.8) is 0 Å². The van der Waals surface area contributed by atoms with Crippen molar-refractivity contribution in [3.8, 4) is 0 Å². The van der Waals surface area contributed by atoms with Crippen molar-refractivity contribution < 1.29 is 55.0 Å². The SMILES string of the molecule is CC(=O)N1C[C@H]2CC(/C=C/c3ccc[n+](C/C=C/c4ccccc4)c3)=C(C(=O)O)N3C(=O)[C@@H]1[C@@H]23.[H-].[Na+]. The zero-order chi connectivity index (χ0) is 23.8. The van der Waals surface area contributed by atoms with Crippen LogP contribution >= 0.6 is 0 Å². The van der Waals surface area contributed by atoms with Crippen molar-refractivity contribution in [2.75, 3.05) is 6.54 Å². The van der Waals surface area contributed by atoms with E-state index in [-0.39, 0.29) is 60.5 Å². The molecule has 5 rings (SSSR count). The molecule has 4 heterocycles. The number of benzene rings is 1. The predicted octanol–water partition coefficient (Wildman–Crippen LogP) is -0.383. The summed E-state index contributed by atoms with van der Waals surface area (Å²) in [6.45, 7) is 2.64. The Balaban J connectivity index is 0.00000180. The van der Waals surface area contributed by atoms with Crippen LogP contribution in [0.2, 0.25) is 0 Å². The van der Waals surface area contributed by atoms with Gasteiger partial charge in [0.2, 0.25) is 5.91 Å². The summed E-state index contributed by atoms with van der Waals surface area (Å²) in [6, 6.07) is 13.3. The fourth-order valence-electron chi connectivity index (χ4n) is 5.27. The van der Waals surface area contributed by atoms with E-state index in [1.54, 1.807) is 11.0 Å². The molecular weight excluding hydrogens is 453 g/mol. The molecule has 0 unspecified atom stereocenters. The first-order valence-corrected chi connectivity index (χ1v) is 11.4. The minimum absolute atomic E-state index is 0. The van der Waals surface area contributed by atoms with Gasteiger partial charge in [0.1, 0.15) is 11.7 Å². The Hall–Kier alpha value is -3.00. The molecule has 0 aliphatic carbocycles. The number of aromatic nitrogens is 1. The Labute approximate surface area is 227 Å². The average Bonchev–Trinajstić information content (AvgIpc) is 3.20. The summed E-state index contributed by atoms with van der Waals surface area (Å²) < 4.78 is 2.05.